The molecule has 0 aromatic carbocycles. The minimum Gasteiger partial charge on any atom is -0.368 e. The van der Waals surface area contributed by atoms with E-state index in [4.69, 9.17) is 5.73 Å². The molecule has 2 atom stereocenters. The van der Waals surface area contributed by atoms with E-state index in [1.54, 1.807) is 0 Å². The van der Waals surface area contributed by atoms with Crippen LogP contribution in [0.3, 0.4) is 0 Å². The van der Waals surface area contributed by atoms with Crippen LogP contribution in [0.1, 0.15) is 46.5 Å². The molecule has 0 saturated carbocycles. The molecule has 0 spiro atoms. The van der Waals surface area contributed by atoms with Crippen molar-refractivity contribution >= 4 is 5.91 Å². The van der Waals surface area contributed by atoms with Crippen LogP contribution in [0.4, 0.5) is 0 Å². The summed E-state index contributed by atoms with van der Waals surface area (Å²) in [6.45, 7) is 9.37. The maximum atomic E-state index is 11.8. The molecule has 1 saturated heterocycles. The molecule has 1 aliphatic rings. The van der Waals surface area contributed by atoms with Gasteiger partial charge in [0.25, 0.3) is 0 Å². The summed E-state index contributed by atoms with van der Waals surface area (Å²) in [5, 5.41) is 3.33. The average Bonchev–Trinajstić information content (AvgIpc) is 2.45. The van der Waals surface area contributed by atoms with Crippen LogP contribution in [-0.2, 0) is 4.79 Å². The van der Waals surface area contributed by atoms with Crippen molar-refractivity contribution in [2.75, 3.05) is 33.7 Å². The summed E-state index contributed by atoms with van der Waals surface area (Å²) in [5.41, 5.74) is 5.01. The number of carbonyl (C=O) groups is 1. The molecule has 5 heteroatoms. The van der Waals surface area contributed by atoms with E-state index in [2.05, 4.69) is 43.1 Å². The van der Waals surface area contributed by atoms with E-state index in [0.29, 0.717) is 12.1 Å². The molecule has 3 N–H and O–H groups in total. The SMILES string of the molecule is CCCNC(C)(CC(C)N(C)C1CCN(C)CC1)C(N)=O. The van der Waals surface area contributed by atoms with Gasteiger partial charge in [-0.25, -0.2) is 0 Å². The molecule has 1 amide bonds. The van der Waals surface area contributed by atoms with Crippen LogP contribution in [0.25, 0.3) is 0 Å². The minimum absolute atomic E-state index is 0.250. The maximum Gasteiger partial charge on any atom is 0.237 e. The lowest BCUT2D eigenvalue weighted by atomic mass is 9.90. The number of piperidine rings is 1. The lowest BCUT2D eigenvalue weighted by Crippen LogP contribution is -2.57. The fraction of sp³-hybridized carbons (Fsp3) is 0.938. The van der Waals surface area contributed by atoms with Crippen molar-refractivity contribution in [1.82, 2.24) is 15.1 Å². The minimum atomic E-state index is -0.616. The van der Waals surface area contributed by atoms with Gasteiger partial charge in [0, 0.05) is 12.1 Å². The van der Waals surface area contributed by atoms with Crippen molar-refractivity contribution in [3.05, 3.63) is 0 Å². The molecule has 0 aromatic heterocycles. The molecule has 0 radical (unpaired) electrons. The van der Waals surface area contributed by atoms with Crippen LogP contribution in [0, 0.1) is 0 Å². The molecule has 1 fully saturated rings. The van der Waals surface area contributed by atoms with Gasteiger partial charge in [-0.05, 0) is 73.3 Å². The second-order valence-corrected chi connectivity index (χ2v) is 6.88. The van der Waals surface area contributed by atoms with Gasteiger partial charge in [0.2, 0.25) is 5.91 Å². The third-order valence-electron chi connectivity index (χ3n) is 4.97. The van der Waals surface area contributed by atoms with Gasteiger partial charge in [0.1, 0.15) is 0 Å². The molecular weight excluding hydrogens is 264 g/mol. The summed E-state index contributed by atoms with van der Waals surface area (Å²) in [5.74, 6) is -0.250. The van der Waals surface area contributed by atoms with Crippen molar-refractivity contribution in [1.29, 1.82) is 0 Å². The highest BCUT2D eigenvalue weighted by atomic mass is 16.1. The molecular formula is C16H34N4O. The highest BCUT2D eigenvalue weighted by Crippen LogP contribution is 2.21. The number of carbonyl (C=O) groups excluding carboxylic acids is 1. The second kappa shape index (κ2) is 8.11. The lowest BCUT2D eigenvalue weighted by Gasteiger charge is -2.41. The van der Waals surface area contributed by atoms with Crippen LogP contribution in [0.5, 0.6) is 0 Å². The Morgan fingerprint density at radius 1 is 1.48 bits per heavy atom. The molecule has 124 valence electrons. The summed E-state index contributed by atoms with van der Waals surface area (Å²) in [6.07, 6.45) is 4.16. The Kier molecular flexibility index (Phi) is 7.10. The molecule has 2 unspecified atom stereocenters. The standard InChI is InChI=1S/C16H34N4O/c1-6-9-18-16(3,15(17)21)12-13(2)20(5)14-7-10-19(4)11-8-14/h13-14,18H,6-12H2,1-5H3,(H2,17,21). The molecule has 0 bridgehead atoms. The second-order valence-electron chi connectivity index (χ2n) is 6.88. The number of nitrogens with two attached hydrogens (primary N) is 1. The summed E-state index contributed by atoms with van der Waals surface area (Å²) >= 11 is 0. The monoisotopic (exact) mass is 298 g/mol. The Hall–Kier alpha value is -0.650. The Labute approximate surface area is 130 Å². The smallest absolute Gasteiger partial charge is 0.237 e. The molecule has 0 aliphatic carbocycles. The normalized spacial score (nSPS) is 22.2. The first-order valence-corrected chi connectivity index (χ1v) is 8.25. The van der Waals surface area contributed by atoms with E-state index in [0.717, 1.165) is 32.5 Å². The van der Waals surface area contributed by atoms with Crippen molar-refractivity contribution in [2.45, 2.75) is 64.1 Å². The van der Waals surface area contributed by atoms with Crippen LogP contribution >= 0.6 is 0 Å². The fourth-order valence-corrected chi connectivity index (χ4v) is 3.16. The van der Waals surface area contributed by atoms with Gasteiger partial charge >= 0.3 is 0 Å². The van der Waals surface area contributed by atoms with E-state index >= 15 is 0 Å². The van der Waals surface area contributed by atoms with Gasteiger partial charge < -0.3 is 20.9 Å². The Bertz CT molecular complexity index is 328. The Balaban J connectivity index is 2.59. The number of amides is 1. The molecule has 5 nitrogen and oxygen atoms in total. The first-order valence-electron chi connectivity index (χ1n) is 8.25. The van der Waals surface area contributed by atoms with Crippen molar-refractivity contribution in [3.63, 3.8) is 0 Å². The quantitative estimate of drug-likeness (QED) is 0.703. The van der Waals surface area contributed by atoms with Crippen LogP contribution < -0.4 is 11.1 Å². The molecule has 1 aliphatic heterocycles. The molecule has 1 rings (SSSR count). The fourth-order valence-electron chi connectivity index (χ4n) is 3.16. The first kappa shape index (κ1) is 18.4. The number of rotatable bonds is 8. The zero-order valence-electron chi connectivity index (χ0n) is 14.5. The summed E-state index contributed by atoms with van der Waals surface area (Å²) < 4.78 is 0. The number of hydrogen-bond donors (Lipinski definition) is 2. The predicted molar refractivity (Wildman–Crippen MR) is 88.3 cm³/mol. The average molecular weight is 298 g/mol. The van der Waals surface area contributed by atoms with Crippen LogP contribution in [0.2, 0.25) is 0 Å². The largest absolute Gasteiger partial charge is 0.368 e. The first-order chi connectivity index (χ1) is 9.80. The third-order valence-corrected chi connectivity index (χ3v) is 4.97. The van der Waals surface area contributed by atoms with Crippen molar-refractivity contribution in [2.24, 2.45) is 5.73 Å². The topological polar surface area (TPSA) is 61.6 Å². The molecule has 21 heavy (non-hydrogen) atoms. The number of primary amides is 1. The van der Waals surface area contributed by atoms with Gasteiger partial charge in [-0.15, -0.1) is 0 Å². The number of likely N-dealkylation sites (tertiary alicyclic amines) is 1. The maximum absolute atomic E-state index is 11.8. The number of hydrogen-bond acceptors (Lipinski definition) is 4. The molecule has 1 heterocycles. The summed E-state index contributed by atoms with van der Waals surface area (Å²) in [6, 6.07) is 0.944. The van der Waals surface area contributed by atoms with Gasteiger partial charge in [0.15, 0.2) is 0 Å². The zero-order valence-corrected chi connectivity index (χ0v) is 14.5. The summed E-state index contributed by atoms with van der Waals surface area (Å²) in [4.78, 5) is 16.7. The van der Waals surface area contributed by atoms with Gasteiger partial charge in [0.05, 0.1) is 5.54 Å². The van der Waals surface area contributed by atoms with Gasteiger partial charge in [-0.1, -0.05) is 6.92 Å². The van der Waals surface area contributed by atoms with E-state index in [9.17, 15) is 4.79 Å². The van der Waals surface area contributed by atoms with E-state index in [1.165, 1.54) is 12.8 Å². The lowest BCUT2D eigenvalue weighted by molar-refractivity contribution is -0.124. The third kappa shape index (κ3) is 5.24. The van der Waals surface area contributed by atoms with Crippen LogP contribution in [0.15, 0.2) is 0 Å². The highest BCUT2D eigenvalue weighted by Gasteiger charge is 2.34. The highest BCUT2D eigenvalue weighted by molar-refractivity contribution is 5.84. The summed E-state index contributed by atoms with van der Waals surface area (Å²) in [7, 11) is 4.36. The van der Waals surface area contributed by atoms with Crippen molar-refractivity contribution < 1.29 is 4.79 Å². The van der Waals surface area contributed by atoms with E-state index < -0.39 is 5.54 Å². The van der Waals surface area contributed by atoms with Crippen molar-refractivity contribution in [3.8, 4) is 0 Å². The van der Waals surface area contributed by atoms with Gasteiger partial charge in [-0.2, -0.15) is 0 Å². The Morgan fingerprint density at radius 2 is 2.05 bits per heavy atom. The number of nitrogens with zero attached hydrogens (tertiary/aromatic N) is 2. The predicted octanol–water partition coefficient (Wildman–Crippen LogP) is 1.03. The Morgan fingerprint density at radius 3 is 2.52 bits per heavy atom. The van der Waals surface area contributed by atoms with Crippen LogP contribution in [-0.4, -0.2) is 67.1 Å². The van der Waals surface area contributed by atoms with E-state index in [1.807, 2.05) is 6.92 Å². The molecule has 0 aromatic rings. The number of nitrogens with one attached hydrogen (secondary N) is 1. The van der Waals surface area contributed by atoms with E-state index in [-0.39, 0.29) is 5.91 Å². The zero-order chi connectivity index (χ0) is 16.0. The van der Waals surface area contributed by atoms with Gasteiger partial charge in [-0.3, -0.25) is 4.79 Å².